The molecule has 11 heteroatoms. The summed E-state index contributed by atoms with van der Waals surface area (Å²) in [5, 5.41) is 2.15. The second kappa shape index (κ2) is 13.4. The van der Waals surface area contributed by atoms with E-state index in [-0.39, 0.29) is 11.5 Å². The van der Waals surface area contributed by atoms with Gasteiger partial charge in [0.05, 0.1) is 30.0 Å². The molecule has 0 bridgehead atoms. The van der Waals surface area contributed by atoms with Crippen LogP contribution < -0.4 is 24.4 Å². The van der Waals surface area contributed by atoms with E-state index in [0.29, 0.717) is 67.3 Å². The van der Waals surface area contributed by atoms with Crippen molar-refractivity contribution in [1.29, 1.82) is 0 Å². The maximum absolute atomic E-state index is 14.5. The number of hydrogen-bond acceptors (Lipinski definition) is 6. The Morgan fingerprint density at radius 1 is 1.04 bits per heavy atom. The lowest BCUT2D eigenvalue weighted by atomic mass is 9.93. The third-order valence-electron chi connectivity index (χ3n) is 8.50. The minimum absolute atomic E-state index is 0.177. The van der Waals surface area contributed by atoms with E-state index < -0.39 is 6.04 Å². The molecule has 0 radical (unpaired) electrons. The number of carbonyl (C=O) groups is 1. The summed E-state index contributed by atoms with van der Waals surface area (Å²) in [6.07, 6.45) is 3.92. The Kier molecular flexibility index (Phi) is 9.32. The number of fused-ring (bicyclic) bond motifs is 2. The van der Waals surface area contributed by atoms with Crippen molar-refractivity contribution in [3.05, 3.63) is 125 Å². The summed E-state index contributed by atoms with van der Waals surface area (Å²) >= 11 is 14.0. The molecule has 1 amide bonds. The highest BCUT2D eigenvalue weighted by molar-refractivity contribution is 7.07. The van der Waals surface area contributed by atoms with Gasteiger partial charge in [0.25, 0.3) is 11.5 Å². The lowest BCUT2D eigenvalue weighted by Gasteiger charge is -2.30. The lowest BCUT2D eigenvalue weighted by molar-refractivity contribution is -0.127. The smallest absolute Gasteiger partial charge is 0.271 e. The Bertz CT molecular complexity index is 2230. The fourth-order valence-corrected chi connectivity index (χ4v) is 7.62. The number of amides is 1. The van der Waals surface area contributed by atoms with Crippen LogP contribution in [0.1, 0.15) is 43.5 Å². The standard InChI is InChI=1S/C36H34Cl2N4O4S/c1-6-40(7-2)35(44)32-21(3)39-36-42(33(32)27-18-25(45-4)14-15-30(27)46-5)34(43)31(47-36)16-23-20-41(29-11-9-8-10-26(23)29)19-22-12-13-24(37)17-28(22)38/h8-18,20,33H,6-7,19H2,1-5H3/b31-16+/t33-/m0/s1. The molecule has 47 heavy (non-hydrogen) atoms. The number of thiazole rings is 1. The van der Waals surface area contributed by atoms with Gasteiger partial charge in [-0.15, -0.1) is 0 Å². The van der Waals surface area contributed by atoms with Crippen molar-refractivity contribution in [1.82, 2.24) is 14.0 Å². The number of rotatable bonds is 9. The Morgan fingerprint density at radius 3 is 2.51 bits per heavy atom. The van der Waals surface area contributed by atoms with Crippen LogP contribution in [0.15, 0.2) is 87.9 Å². The van der Waals surface area contributed by atoms with E-state index in [1.54, 1.807) is 41.9 Å². The van der Waals surface area contributed by atoms with Gasteiger partial charge in [0.15, 0.2) is 4.80 Å². The molecular formula is C36H34Cl2N4O4S. The third kappa shape index (κ3) is 5.99. The quantitative estimate of drug-likeness (QED) is 0.179. The zero-order valence-corrected chi connectivity index (χ0v) is 29.0. The van der Waals surface area contributed by atoms with Crippen molar-refractivity contribution in [3.8, 4) is 11.5 Å². The van der Waals surface area contributed by atoms with Crippen LogP contribution in [-0.2, 0) is 11.3 Å². The molecule has 0 unspecified atom stereocenters. The van der Waals surface area contributed by atoms with Crippen LogP contribution in [0, 0.1) is 0 Å². The Labute approximate surface area is 286 Å². The molecule has 6 rings (SSSR count). The van der Waals surface area contributed by atoms with Crippen LogP contribution >= 0.6 is 34.5 Å². The first kappa shape index (κ1) is 32.6. The van der Waals surface area contributed by atoms with Gasteiger partial charge in [-0.3, -0.25) is 14.2 Å². The highest BCUT2D eigenvalue weighted by Crippen LogP contribution is 2.38. The average Bonchev–Trinajstić information content (AvgIpc) is 3.57. The maximum Gasteiger partial charge on any atom is 0.271 e. The van der Waals surface area contributed by atoms with Crippen molar-refractivity contribution in [2.24, 2.45) is 4.99 Å². The number of halogens is 2. The van der Waals surface area contributed by atoms with Gasteiger partial charge in [-0.25, -0.2) is 4.99 Å². The van der Waals surface area contributed by atoms with E-state index in [1.807, 2.05) is 75.5 Å². The Morgan fingerprint density at radius 2 is 1.81 bits per heavy atom. The summed E-state index contributed by atoms with van der Waals surface area (Å²) in [6, 6.07) is 18.2. The third-order valence-corrected chi connectivity index (χ3v) is 10.1. The van der Waals surface area contributed by atoms with E-state index >= 15 is 0 Å². The van der Waals surface area contributed by atoms with Crippen molar-refractivity contribution in [2.75, 3.05) is 27.3 Å². The fraction of sp³-hybridized carbons (Fsp3) is 0.250. The maximum atomic E-state index is 14.5. The molecule has 0 saturated heterocycles. The van der Waals surface area contributed by atoms with Gasteiger partial charge in [-0.05, 0) is 68.8 Å². The van der Waals surface area contributed by atoms with Crippen molar-refractivity contribution in [3.63, 3.8) is 0 Å². The number of nitrogens with zero attached hydrogens (tertiary/aromatic N) is 4. The number of allylic oxidation sites excluding steroid dienone is 1. The van der Waals surface area contributed by atoms with Gasteiger partial charge in [0.2, 0.25) is 0 Å². The number of likely N-dealkylation sites (N-methyl/N-ethyl adjacent to an activating group) is 1. The van der Waals surface area contributed by atoms with Crippen LogP contribution in [-0.4, -0.2) is 47.3 Å². The molecule has 3 heterocycles. The summed E-state index contributed by atoms with van der Waals surface area (Å²) < 4.78 is 15.6. The molecule has 3 aromatic carbocycles. The van der Waals surface area contributed by atoms with Gasteiger partial charge in [0, 0.05) is 57.9 Å². The van der Waals surface area contributed by atoms with Crippen LogP contribution in [0.25, 0.3) is 17.0 Å². The Hall–Kier alpha value is -4.31. The first-order valence-electron chi connectivity index (χ1n) is 15.2. The summed E-state index contributed by atoms with van der Waals surface area (Å²) in [6.45, 7) is 7.25. The normalized spacial score (nSPS) is 14.7. The van der Waals surface area contributed by atoms with Crippen molar-refractivity contribution >= 4 is 57.4 Å². The topological polar surface area (TPSA) is 78.1 Å². The van der Waals surface area contributed by atoms with E-state index in [9.17, 15) is 9.59 Å². The zero-order valence-electron chi connectivity index (χ0n) is 26.7. The number of benzene rings is 3. The van der Waals surface area contributed by atoms with E-state index in [4.69, 9.17) is 37.7 Å². The summed E-state index contributed by atoms with van der Waals surface area (Å²) in [5.74, 6) is 0.944. The molecule has 8 nitrogen and oxygen atoms in total. The summed E-state index contributed by atoms with van der Waals surface area (Å²) in [5.41, 5.74) is 4.17. The van der Waals surface area contributed by atoms with Crippen LogP contribution in [0.2, 0.25) is 10.0 Å². The highest BCUT2D eigenvalue weighted by Gasteiger charge is 2.36. The molecule has 1 aliphatic heterocycles. The van der Waals surface area contributed by atoms with Gasteiger partial charge >= 0.3 is 0 Å². The SMILES string of the molecule is CCN(CC)C(=O)C1=C(C)N=c2s/c(=C/c3cn(Cc4ccc(Cl)cc4Cl)c4ccccc34)c(=O)n2[C@H]1c1cc(OC)ccc1OC. The molecule has 0 N–H and O–H groups in total. The van der Waals surface area contributed by atoms with Crippen molar-refractivity contribution < 1.29 is 14.3 Å². The minimum atomic E-state index is -0.778. The molecule has 2 aromatic heterocycles. The van der Waals surface area contributed by atoms with Crippen LogP contribution in [0.5, 0.6) is 11.5 Å². The van der Waals surface area contributed by atoms with Gasteiger partial charge < -0.3 is 18.9 Å². The first-order valence-corrected chi connectivity index (χ1v) is 16.8. The largest absolute Gasteiger partial charge is 0.497 e. The van der Waals surface area contributed by atoms with Crippen molar-refractivity contribution in [2.45, 2.75) is 33.4 Å². The van der Waals surface area contributed by atoms with Gasteiger partial charge in [-0.1, -0.05) is 58.8 Å². The Balaban J connectivity index is 1.55. The molecule has 0 aliphatic carbocycles. The molecule has 0 spiro atoms. The first-order chi connectivity index (χ1) is 22.7. The van der Waals surface area contributed by atoms with E-state index in [2.05, 4.69) is 4.57 Å². The number of carbonyl (C=O) groups excluding carboxylic acids is 1. The summed E-state index contributed by atoms with van der Waals surface area (Å²) in [7, 11) is 3.15. The molecule has 5 aromatic rings. The molecule has 0 fully saturated rings. The van der Waals surface area contributed by atoms with Crippen LogP contribution in [0.4, 0.5) is 0 Å². The predicted molar refractivity (Wildman–Crippen MR) is 189 cm³/mol. The van der Waals surface area contributed by atoms with Gasteiger partial charge in [-0.2, -0.15) is 0 Å². The average molecular weight is 690 g/mol. The summed E-state index contributed by atoms with van der Waals surface area (Å²) in [4.78, 5) is 35.6. The number of para-hydroxylation sites is 1. The minimum Gasteiger partial charge on any atom is -0.497 e. The second-order valence-corrected chi connectivity index (χ2v) is 13.0. The second-order valence-electron chi connectivity index (χ2n) is 11.1. The molecule has 1 atom stereocenters. The fourth-order valence-electron chi connectivity index (χ4n) is 6.12. The van der Waals surface area contributed by atoms with Crippen LogP contribution in [0.3, 0.4) is 0 Å². The lowest BCUT2D eigenvalue weighted by Crippen LogP contribution is -2.43. The monoisotopic (exact) mass is 688 g/mol. The highest BCUT2D eigenvalue weighted by atomic mass is 35.5. The number of aromatic nitrogens is 2. The molecule has 242 valence electrons. The van der Waals surface area contributed by atoms with Gasteiger partial charge in [0.1, 0.15) is 17.5 Å². The molecule has 0 saturated carbocycles. The zero-order chi connectivity index (χ0) is 33.4. The predicted octanol–water partition coefficient (Wildman–Crippen LogP) is 6.43. The molecular weight excluding hydrogens is 655 g/mol. The number of methoxy groups -OCH3 is 2. The van der Waals surface area contributed by atoms with E-state index in [1.165, 1.54) is 11.3 Å². The number of ether oxygens (including phenoxy) is 2. The molecule has 1 aliphatic rings. The van der Waals surface area contributed by atoms with E-state index in [0.717, 1.165) is 22.0 Å². The number of hydrogen-bond donors (Lipinski definition) is 0.